The lowest BCUT2D eigenvalue weighted by molar-refractivity contribution is -0.203. The summed E-state index contributed by atoms with van der Waals surface area (Å²) in [5.74, 6) is -0.480. The number of fused-ring (bicyclic) bond motifs is 1. The second kappa shape index (κ2) is 11.8. The molecule has 0 amide bonds. The van der Waals surface area contributed by atoms with Gasteiger partial charge in [0.15, 0.2) is 23.7 Å². The van der Waals surface area contributed by atoms with Crippen LogP contribution < -0.4 is 0 Å². The lowest BCUT2D eigenvalue weighted by Gasteiger charge is -2.29. The third-order valence-electron chi connectivity index (χ3n) is 6.07. The van der Waals surface area contributed by atoms with Crippen molar-refractivity contribution >= 4 is 10.8 Å². The highest BCUT2D eigenvalue weighted by Gasteiger charge is 2.22. The number of ether oxygens (including phenoxy) is 3. The molecule has 4 rings (SSSR count). The maximum atomic E-state index is 14.6. The molecule has 3 nitrogen and oxygen atoms in total. The van der Waals surface area contributed by atoms with Crippen LogP contribution in [0.5, 0.6) is 0 Å². The van der Waals surface area contributed by atoms with Crippen LogP contribution in [0.1, 0.15) is 36.0 Å². The minimum Gasteiger partial charge on any atom is -0.385 e. The normalized spacial score (nSPS) is 17.7. The number of methoxy groups -OCH3 is 1. The Morgan fingerprint density at radius 2 is 1.58 bits per heavy atom. The zero-order valence-corrected chi connectivity index (χ0v) is 19.7. The first-order valence-electron chi connectivity index (χ1n) is 11.6. The maximum absolute atomic E-state index is 14.6. The molecule has 0 bridgehead atoms. The molecular weight excluding hydrogens is 479 g/mol. The molecule has 0 N–H and O–H groups in total. The van der Waals surface area contributed by atoms with Gasteiger partial charge in [-0.3, -0.25) is 0 Å². The van der Waals surface area contributed by atoms with Gasteiger partial charge in [0.25, 0.3) is 0 Å². The first-order valence-corrected chi connectivity index (χ1v) is 11.6. The minimum atomic E-state index is -1.56. The summed E-state index contributed by atoms with van der Waals surface area (Å²) in [6, 6.07) is 7.21. The second-order valence-electron chi connectivity index (χ2n) is 8.74. The molecular formula is C28H25F5O3. The largest absolute Gasteiger partial charge is 0.385 e. The predicted octanol–water partition coefficient (Wildman–Crippen LogP) is 6.28. The van der Waals surface area contributed by atoms with E-state index in [4.69, 9.17) is 14.2 Å². The van der Waals surface area contributed by atoms with Gasteiger partial charge in [-0.25, -0.2) is 22.0 Å². The number of rotatable bonds is 7. The van der Waals surface area contributed by atoms with Gasteiger partial charge in [0.2, 0.25) is 0 Å². The summed E-state index contributed by atoms with van der Waals surface area (Å²) < 4.78 is 86.5. The predicted molar refractivity (Wildman–Crippen MR) is 125 cm³/mol. The van der Waals surface area contributed by atoms with E-state index in [1.54, 1.807) is 7.11 Å². The summed E-state index contributed by atoms with van der Waals surface area (Å²) in [6.07, 6.45) is 2.28. The fourth-order valence-corrected chi connectivity index (χ4v) is 4.12. The fraction of sp³-hybridized carbons (Fsp3) is 0.357. The molecule has 0 unspecified atom stereocenters. The molecule has 0 saturated carbocycles. The smallest absolute Gasteiger partial charge is 0.195 e. The molecule has 1 heterocycles. The van der Waals surface area contributed by atoms with Gasteiger partial charge >= 0.3 is 0 Å². The van der Waals surface area contributed by atoms with Gasteiger partial charge in [-0.1, -0.05) is 17.9 Å². The molecule has 190 valence electrons. The quantitative estimate of drug-likeness (QED) is 0.164. The third-order valence-corrected chi connectivity index (χ3v) is 6.07. The number of hydrogen-bond donors (Lipinski definition) is 0. The van der Waals surface area contributed by atoms with Crippen LogP contribution in [0.15, 0.2) is 36.4 Å². The molecule has 1 saturated heterocycles. The highest BCUT2D eigenvalue weighted by molar-refractivity contribution is 5.84. The number of halogens is 5. The molecule has 0 atom stereocenters. The first-order chi connectivity index (χ1) is 17.4. The van der Waals surface area contributed by atoms with Gasteiger partial charge in [-0.05, 0) is 60.5 Å². The Hall–Kier alpha value is -2.99. The Kier molecular flexibility index (Phi) is 8.57. The maximum Gasteiger partial charge on any atom is 0.195 e. The summed E-state index contributed by atoms with van der Waals surface area (Å²) >= 11 is 0. The Bertz CT molecular complexity index is 1270. The van der Waals surface area contributed by atoms with Crippen molar-refractivity contribution in [3.63, 3.8) is 0 Å². The molecule has 0 spiro atoms. The first kappa shape index (κ1) is 26.1. The third kappa shape index (κ3) is 6.22. The standard InChI is InChI=1S/C28H25F5O3/c1-34-10-2-3-19-15-35-26(36-16-19)9-6-18-12-23(29)22(24(30)13-18)8-5-17-4-7-21-20(11-17)14-25(31)28(33)27(21)32/h4,7,11-14,19,26H,2-3,6,9-10,15-16H2,1H3. The van der Waals surface area contributed by atoms with Gasteiger partial charge in [-0.2, -0.15) is 0 Å². The highest BCUT2D eigenvalue weighted by Crippen LogP contribution is 2.25. The molecule has 1 aliphatic rings. The molecule has 0 aliphatic carbocycles. The zero-order chi connectivity index (χ0) is 25.7. The van der Waals surface area contributed by atoms with Crippen LogP contribution in [0.25, 0.3) is 10.8 Å². The molecule has 0 aromatic heterocycles. The van der Waals surface area contributed by atoms with E-state index < -0.39 is 40.9 Å². The monoisotopic (exact) mass is 504 g/mol. The van der Waals surface area contributed by atoms with E-state index in [1.807, 2.05) is 0 Å². The summed E-state index contributed by atoms with van der Waals surface area (Å²) in [5, 5.41) is -0.0309. The van der Waals surface area contributed by atoms with Crippen LogP contribution in [0.3, 0.4) is 0 Å². The summed E-state index contributed by atoms with van der Waals surface area (Å²) in [7, 11) is 1.66. The van der Waals surface area contributed by atoms with Gasteiger partial charge in [0.1, 0.15) is 11.6 Å². The average molecular weight is 504 g/mol. The van der Waals surface area contributed by atoms with Crippen LogP contribution in [-0.2, 0) is 20.6 Å². The fourth-order valence-electron chi connectivity index (χ4n) is 4.12. The van der Waals surface area contributed by atoms with Crippen molar-refractivity contribution in [1.82, 2.24) is 0 Å². The average Bonchev–Trinajstić information content (AvgIpc) is 2.86. The van der Waals surface area contributed by atoms with E-state index in [1.165, 1.54) is 30.3 Å². The number of hydrogen-bond acceptors (Lipinski definition) is 3. The zero-order valence-electron chi connectivity index (χ0n) is 19.7. The van der Waals surface area contributed by atoms with Gasteiger partial charge in [0.05, 0.1) is 18.8 Å². The van der Waals surface area contributed by atoms with E-state index in [9.17, 15) is 22.0 Å². The Morgan fingerprint density at radius 1 is 0.861 bits per heavy atom. The van der Waals surface area contributed by atoms with Crippen molar-refractivity contribution in [3.8, 4) is 11.8 Å². The topological polar surface area (TPSA) is 27.7 Å². The van der Waals surface area contributed by atoms with Gasteiger partial charge in [0, 0.05) is 37.0 Å². The lowest BCUT2D eigenvalue weighted by Crippen LogP contribution is -2.32. The summed E-state index contributed by atoms with van der Waals surface area (Å²) in [4.78, 5) is 0. The van der Waals surface area contributed by atoms with Crippen molar-refractivity contribution in [2.75, 3.05) is 26.9 Å². The minimum absolute atomic E-state index is 0.0861. The van der Waals surface area contributed by atoms with Crippen molar-refractivity contribution < 1.29 is 36.2 Å². The Morgan fingerprint density at radius 3 is 2.28 bits per heavy atom. The molecule has 3 aromatic rings. The van der Waals surface area contributed by atoms with Crippen LogP contribution in [0.2, 0.25) is 0 Å². The molecule has 8 heteroatoms. The molecule has 1 aliphatic heterocycles. The summed E-state index contributed by atoms with van der Waals surface area (Å²) in [6.45, 7) is 1.85. The van der Waals surface area contributed by atoms with Crippen molar-refractivity contribution in [2.45, 2.75) is 32.0 Å². The lowest BCUT2D eigenvalue weighted by atomic mass is 10.0. The highest BCUT2D eigenvalue weighted by atomic mass is 19.2. The van der Waals surface area contributed by atoms with Gasteiger partial charge in [-0.15, -0.1) is 0 Å². The van der Waals surface area contributed by atoms with E-state index in [-0.39, 0.29) is 16.3 Å². The van der Waals surface area contributed by atoms with Crippen LogP contribution in [-0.4, -0.2) is 33.2 Å². The number of benzene rings is 3. The van der Waals surface area contributed by atoms with Gasteiger partial charge < -0.3 is 14.2 Å². The van der Waals surface area contributed by atoms with E-state index >= 15 is 0 Å². The second-order valence-corrected chi connectivity index (χ2v) is 8.74. The van der Waals surface area contributed by atoms with Crippen LogP contribution in [0, 0.1) is 46.8 Å². The molecule has 3 aromatic carbocycles. The molecule has 1 fully saturated rings. The molecule has 36 heavy (non-hydrogen) atoms. The summed E-state index contributed by atoms with van der Waals surface area (Å²) in [5.41, 5.74) is 0.297. The van der Waals surface area contributed by atoms with Crippen molar-refractivity contribution in [1.29, 1.82) is 0 Å². The Labute approximate surface area is 206 Å². The SMILES string of the molecule is COCCCC1COC(CCc2cc(F)c(C#Cc3ccc4c(F)c(F)c(F)cc4c3)c(F)c2)OC1. The van der Waals surface area contributed by atoms with Crippen molar-refractivity contribution in [2.24, 2.45) is 5.92 Å². The number of aryl methyl sites for hydroxylation is 1. The van der Waals surface area contributed by atoms with E-state index in [2.05, 4.69) is 11.8 Å². The van der Waals surface area contributed by atoms with Crippen LogP contribution in [0.4, 0.5) is 22.0 Å². The Balaban J connectivity index is 1.39. The van der Waals surface area contributed by atoms with E-state index in [0.717, 1.165) is 18.9 Å². The van der Waals surface area contributed by atoms with E-state index in [0.29, 0.717) is 44.1 Å². The van der Waals surface area contributed by atoms with Crippen LogP contribution >= 0.6 is 0 Å². The molecule has 0 radical (unpaired) electrons. The van der Waals surface area contributed by atoms with Crippen molar-refractivity contribution in [3.05, 3.63) is 82.2 Å².